The number of hydrogen-bond acceptors (Lipinski definition) is 4. The van der Waals surface area contributed by atoms with Gasteiger partial charge in [-0.15, -0.1) is 0 Å². The number of nitrogens with zero attached hydrogens (tertiary/aromatic N) is 1. The van der Waals surface area contributed by atoms with Crippen LogP contribution in [0.5, 0.6) is 5.75 Å². The molecule has 2 aromatic rings. The predicted octanol–water partition coefficient (Wildman–Crippen LogP) is 3.68. The highest BCUT2D eigenvalue weighted by atomic mass is 16.6. The van der Waals surface area contributed by atoms with E-state index in [0.29, 0.717) is 5.75 Å². The number of benzene rings is 2. The molecule has 1 fully saturated rings. The molecule has 0 radical (unpaired) electrons. The highest BCUT2D eigenvalue weighted by Crippen LogP contribution is 2.30. The largest absolute Gasteiger partial charge is 0.488 e. The van der Waals surface area contributed by atoms with Gasteiger partial charge in [0, 0.05) is 11.8 Å². The molecule has 6 nitrogen and oxygen atoms in total. The standard InChI is InChI=1S/C20H23NO5/c1-20(2,3)26-19(24)21-12-14(11-16(21)18(22)23)25-17-10-6-8-13-7-4-5-9-15(13)17/h4-10,14,16H,11-12H2,1-3H3,(H,22,23)/t14-,16-/m1/s1. The molecule has 2 atom stereocenters. The summed E-state index contributed by atoms with van der Waals surface area (Å²) in [5, 5.41) is 11.5. The maximum absolute atomic E-state index is 12.4. The first-order chi connectivity index (χ1) is 12.2. The summed E-state index contributed by atoms with van der Waals surface area (Å²) in [7, 11) is 0. The Morgan fingerprint density at radius 1 is 1.12 bits per heavy atom. The lowest BCUT2D eigenvalue weighted by molar-refractivity contribution is -0.142. The van der Waals surface area contributed by atoms with Gasteiger partial charge < -0.3 is 14.6 Å². The first kappa shape index (κ1) is 18.0. The first-order valence-electron chi connectivity index (χ1n) is 8.61. The van der Waals surface area contributed by atoms with Crippen LogP contribution in [0.3, 0.4) is 0 Å². The fraction of sp³-hybridized carbons (Fsp3) is 0.400. The number of aliphatic carboxylic acids is 1. The van der Waals surface area contributed by atoms with Gasteiger partial charge in [0.1, 0.15) is 23.5 Å². The molecule has 1 saturated heterocycles. The lowest BCUT2D eigenvalue weighted by Crippen LogP contribution is -2.43. The molecule has 0 aromatic heterocycles. The number of carboxylic acid groups (broad SMARTS) is 1. The summed E-state index contributed by atoms with van der Waals surface area (Å²) in [6.07, 6.45) is -0.819. The van der Waals surface area contributed by atoms with Crippen molar-refractivity contribution in [2.75, 3.05) is 6.54 Å². The van der Waals surface area contributed by atoms with Gasteiger partial charge in [0.15, 0.2) is 0 Å². The van der Waals surface area contributed by atoms with E-state index in [2.05, 4.69) is 0 Å². The van der Waals surface area contributed by atoms with Crippen LogP contribution in [0.1, 0.15) is 27.2 Å². The van der Waals surface area contributed by atoms with E-state index in [1.165, 1.54) is 4.90 Å². The number of ether oxygens (including phenoxy) is 2. The van der Waals surface area contributed by atoms with E-state index in [0.717, 1.165) is 10.8 Å². The Bertz CT molecular complexity index is 821. The second-order valence-electron chi connectivity index (χ2n) is 7.44. The van der Waals surface area contributed by atoms with Gasteiger partial charge in [-0.25, -0.2) is 9.59 Å². The number of carbonyl (C=O) groups excluding carboxylic acids is 1. The van der Waals surface area contributed by atoms with Gasteiger partial charge in [0.05, 0.1) is 6.54 Å². The normalized spacial score (nSPS) is 20.2. The molecule has 1 heterocycles. The molecule has 2 aromatic carbocycles. The molecule has 0 bridgehead atoms. The summed E-state index contributed by atoms with van der Waals surface area (Å²) in [5.41, 5.74) is -0.686. The van der Waals surface area contributed by atoms with Crippen LogP contribution in [0.2, 0.25) is 0 Å². The molecule has 6 heteroatoms. The quantitative estimate of drug-likeness (QED) is 0.907. The minimum atomic E-state index is -1.06. The zero-order valence-electron chi connectivity index (χ0n) is 15.1. The van der Waals surface area contributed by atoms with Crippen LogP contribution in [0.4, 0.5) is 4.79 Å². The van der Waals surface area contributed by atoms with Gasteiger partial charge in [-0.2, -0.15) is 0 Å². The lowest BCUT2D eigenvalue weighted by Gasteiger charge is -2.26. The topological polar surface area (TPSA) is 76.1 Å². The number of hydrogen-bond donors (Lipinski definition) is 1. The fourth-order valence-corrected chi connectivity index (χ4v) is 3.12. The number of fused-ring (bicyclic) bond motifs is 1. The molecule has 0 unspecified atom stereocenters. The second kappa shape index (κ2) is 6.86. The van der Waals surface area contributed by atoms with Crippen molar-refractivity contribution in [2.24, 2.45) is 0 Å². The molecule has 1 N–H and O–H groups in total. The van der Waals surface area contributed by atoms with Crippen molar-refractivity contribution in [1.29, 1.82) is 0 Å². The SMILES string of the molecule is CC(C)(C)OC(=O)N1C[C@H](Oc2cccc3ccccc23)C[C@@H]1C(=O)O. The average Bonchev–Trinajstić information content (AvgIpc) is 2.98. The maximum atomic E-state index is 12.4. The van der Waals surface area contributed by atoms with Crippen LogP contribution >= 0.6 is 0 Å². The van der Waals surface area contributed by atoms with Crippen LogP contribution in [0.25, 0.3) is 10.8 Å². The molecular formula is C20H23NO5. The number of carboxylic acids is 1. The zero-order chi connectivity index (χ0) is 18.9. The lowest BCUT2D eigenvalue weighted by atomic mass is 10.1. The molecule has 0 aliphatic carbocycles. The van der Waals surface area contributed by atoms with E-state index in [4.69, 9.17) is 9.47 Å². The number of carbonyl (C=O) groups is 2. The Morgan fingerprint density at radius 3 is 2.50 bits per heavy atom. The summed E-state index contributed by atoms with van der Waals surface area (Å²) >= 11 is 0. The Kier molecular flexibility index (Phi) is 4.76. The third kappa shape index (κ3) is 3.90. The Balaban J connectivity index is 1.79. The monoisotopic (exact) mass is 357 g/mol. The van der Waals surface area contributed by atoms with Crippen LogP contribution in [0, 0.1) is 0 Å². The molecule has 26 heavy (non-hydrogen) atoms. The van der Waals surface area contributed by atoms with E-state index in [1.54, 1.807) is 20.8 Å². The summed E-state index contributed by atoms with van der Waals surface area (Å²) in [6.45, 7) is 5.43. The highest BCUT2D eigenvalue weighted by Gasteiger charge is 2.42. The Morgan fingerprint density at radius 2 is 1.81 bits per heavy atom. The van der Waals surface area contributed by atoms with Crippen molar-refractivity contribution < 1.29 is 24.2 Å². The Hall–Kier alpha value is -2.76. The number of amides is 1. The van der Waals surface area contributed by atoms with Gasteiger partial charge in [0.2, 0.25) is 0 Å². The average molecular weight is 357 g/mol. The van der Waals surface area contributed by atoms with Crippen molar-refractivity contribution in [3.05, 3.63) is 42.5 Å². The van der Waals surface area contributed by atoms with E-state index in [-0.39, 0.29) is 13.0 Å². The van der Waals surface area contributed by atoms with Gasteiger partial charge >= 0.3 is 12.1 Å². The minimum Gasteiger partial charge on any atom is -0.488 e. The summed E-state index contributed by atoms with van der Waals surface area (Å²) in [6, 6.07) is 12.6. The van der Waals surface area contributed by atoms with Crippen molar-refractivity contribution in [3.8, 4) is 5.75 Å². The molecule has 1 amide bonds. The maximum Gasteiger partial charge on any atom is 0.411 e. The van der Waals surface area contributed by atoms with Crippen molar-refractivity contribution in [1.82, 2.24) is 4.90 Å². The van der Waals surface area contributed by atoms with E-state index < -0.39 is 29.8 Å². The third-order valence-corrected chi connectivity index (χ3v) is 4.22. The number of rotatable bonds is 3. The van der Waals surface area contributed by atoms with Gasteiger partial charge in [-0.3, -0.25) is 4.90 Å². The predicted molar refractivity (Wildman–Crippen MR) is 97.3 cm³/mol. The van der Waals surface area contributed by atoms with Crippen LogP contribution in [0.15, 0.2) is 42.5 Å². The summed E-state index contributed by atoms with van der Waals surface area (Å²) < 4.78 is 11.4. The van der Waals surface area contributed by atoms with Crippen LogP contribution < -0.4 is 4.74 Å². The van der Waals surface area contributed by atoms with Crippen LogP contribution in [-0.4, -0.2) is 46.4 Å². The van der Waals surface area contributed by atoms with Crippen LogP contribution in [-0.2, 0) is 9.53 Å². The van der Waals surface area contributed by atoms with Crippen molar-refractivity contribution in [2.45, 2.75) is 44.9 Å². The molecule has 0 spiro atoms. The van der Waals surface area contributed by atoms with E-state index in [9.17, 15) is 14.7 Å². The molecule has 1 aliphatic rings. The summed E-state index contributed by atoms with van der Waals surface area (Å²) in [5.74, 6) is -0.372. The first-order valence-corrected chi connectivity index (χ1v) is 8.61. The third-order valence-electron chi connectivity index (χ3n) is 4.22. The molecule has 3 rings (SSSR count). The summed E-state index contributed by atoms with van der Waals surface area (Å²) in [4.78, 5) is 25.2. The molecular weight excluding hydrogens is 334 g/mol. The molecule has 0 saturated carbocycles. The second-order valence-corrected chi connectivity index (χ2v) is 7.44. The Labute approximate surface area is 152 Å². The van der Waals surface area contributed by atoms with Crippen molar-refractivity contribution in [3.63, 3.8) is 0 Å². The smallest absolute Gasteiger partial charge is 0.411 e. The van der Waals surface area contributed by atoms with Gasteiger partial charge in [-0.05, 0) is 32.2 Å². The van der Waals surface area contributed by atoms with Crippen molar-refractivity contribution >= 4 is 22.8 Å². The van der Waals surface area contributed by atoms with Gasteiger partial charge in [0.25, 0.3) is 0 Å². The fourth-order valence-electron chi connectivity index (χ4n) is 3.12. The highest BCUT2D eigenvalue weighted by molar-refractivity contribution is 5.88. The van der Waals surface area contributed by atoms with E-state index >= 15 is 0 Å². The van der Waals surface area contributed by atoms with Gasteiger partial charge in [-0.1, -0.05) is 36.4 Å². The molecule has 1 aliphatic heterocycles. The van der Waals surface area contributed by atoms with E-state index in [1.807, 2.05) is 42.5 Å². The zero-order valence-corrected chi connectivity index (χ0v) is 15.1. The number of likely N-dealkylation sites (tertiary alicyclic amines) is 1. The molecule has 138 valence electrons. The minimum absolute atomic E-state index is 0.176.